The molecule has 9 heteroatoms. The van der Waals surface area contributed by atoms with Crippen LogP contribution in [0.4, 0.5) is 19.4 Å². The van der Waals surface area contributed by atoms with Crippen molar-refractivity contribution in [1.82, 2.24) is 9.97 Å². The minimum absolute atomic E-state index is 0.0367. The number of nitrogens with one attached hydrogen (secondary N) is 1. The Bertz CT molecular complexity index is 981. The topological polar surface area (TPSA) is 64.1 Å². The normalized spacial score (nSPS) is 11.6. The quantitative estimate of drug-likeness (QED) is 0.608. The van der Waals surface area contributed by atoms with Gasteiger partial charge < -0.3 is 4.74 Å². The lowest BCUT2D eigenvalue weighted by atomic mass is 10.2. The van der Waals surface area contributed by atoms with Gasteiger partial charge in [-0.2, -0.15) is 0 Å². The number of halogens is 3. The number of nitrogens with zero attached hydrogens (tertiary/aromatic N) is 2. The van der Waals surface area contributed by atoms with Gasteiger partial charge >= 0.3 is 6.09 Å². The fraction of sp³-hybridized carbons (Fsp3) is 0.235. The zero-order valence-corrected chi connectivity index (χ0v) is 15.6. The number of pyridine rings is 1. The highest BCUT2D eigenvalue weighted by Crippen LogP contribution is 2.38. The molecule has 0 fully saturated rings. The average molecular weight is 398 g/mol. The van der Waals surface area contributed by atoms with Crippen molar-refractivity contribution >= 4 is 45.1 Å². The van der Waals surface area contributed by atoms with Crippen molar-refractivity contribution in [3.8, 4) is 10.6 Å². The van der Waals surface area contributed by atoms with Gasteiger partial charge in [0.1, 0.15) is 26.6 Å². The molecule has 3 aromatic rings. The fourth-order valence-electron chi connectivity index (χ4n) is 2.18. The smallest absolute Gasteiger partial charge is 0.413 e. The van der Waals surface area contributed by atoms with Crippen LogP contribution in [-0.4, -0.2) is 21.7 Å². The highest BCUT2D eigenvalue weighted by molar-refractivity contribution is 7.22. The van der Waals surface area contributed by atoms with Gasteiger partial charge in [0.2, 0.25) is 0 Å². The summed E-state index contributed by atoms with van der Waals surface area (Å²) < 4.78 is 33.7. The van der Waals surface area contributed by atoms with Crippen LogP contribution >= 0.6 is 22.9 Å². The van der Waals surface area contributed by atoms with Crippen LogP contribution in [0.1, 0.15) is 20.8 Å². The highest BCUT2D eigenvalue weighted by Gasteiger charge is 2.22. The number of benzene rings is 1. The third-order valence-corrected chi connectivity index (χ3v) is 4.57. The zero-order valence-electron chi connectivity index (χ0n) is 14.1. The van der Waals surface area contributed by atoms with Crippen molar-refractivity contribution in [1.29, 1.82) is 0 Å². The molecule has 0 saturated carbocycles. The second-order valence-corrected chi connectivity index (χ2v) is 7.78. The molecule has 0 bridgehead atoms. The van der Waals surface area contributed by atoms with Gasteiger partial charge in [-0.25, -0.2) is 23.5 Å². The van der Waals surface area contributed by atoms with Crippen molar-refractivity contribution in [2.45, 2.75) is 26.4 Å². The van der Waals surface area contributed by atoms with Gasteiger partial charge in [0, 0.05) is 0 Å². The summed E-state index contributed by atoms with van der Waals surface area (Å²) in [5, 5.41) is 2.80. The molecule has 136 valence electrons. The fourth-order valence-corrected chi connectivity index (χ4v) is 3.57. The molecule has 1 amide bonds. The van der Waals surface area contributed by atoms with E-state index in [1.165, 1.54) is 18.2 Å². The molecular weight excluding hydrogens is 384 g/mol. The average Bonchev–Trinajstić information content (AvgIpc) is 2.94. The van der Waals surface area contributed by atoms with Gasteiger partial charge in [0.25, 0.3) is 0 Å². The molecular formula is C17H14ClF2N3O2S. The number of thiazole rings is 1. The summed E-state index contributed by atoms with van der Waals surface area (Å²) in [5.41, 5.74) is -0.675. The maximum Gasteiger partial charge on any atom is 0.413 e. The van der Waals surface area contributed by atoms with Crippen LogP contribution in [0, 0.1) is 11.6 Å². The van der Waals surface area contributed by atoms with Crippen molar-refractivity contribution in [2.75, 3.05) is 5.32 Å². The number of fused-ring (bicyclic) bond motifs is 1. The second kappa shape index (κ2) is 6.77. The molecule has 0 saturated heterocycles. The third-order valence-electron chi connectivity index (χ3n) is 3.17. The lowest BCUT2D eigenvalue weighted by Crippen LogP contribution is -2.27. The Kier molecular flexibility index (Phi) is 4.81. The summed E-state index contributed by atoms with van der Waals surface area (Å²) in [5.74, 6) is -1.19. The lowest BCUT2D eigenvalue weighted by molar-refractivity contribution is 0.0635. The standard InChI is InChI=1S/C17H14ClF2N3O2S/c1-17(2,3)25-16(24)23-14-13-12(10(20)7-21-14)22-15(26-13)11-8(18)5-4-6-9(11)19/h4-7H,1-3H3,(H,21,23,24). The van der Waals surface area contributed by atoms with Gasteiger partial charge in [-0.15, -0.1) is 11.3 Å². The lowest BCUT2D eigenvalue weighted by Gasteiger charge is -2.19. The predicted octanol–water partition coefficient (Wildman–Crippen LogP) is 5.64. The molecule has 2 aromatic heterocycles. The molecule has 0 aliphatic rings. The summed E-state index contributed by atoms with van der Waals surface area (Å²) in [6, 6.07) is 4.22. The number of ether oxygens (including phenoxy) is 1. The first-order valence-corrected chi connectivity index (χ1v) is 8.74. The van der Waals surface area contributed by atoms with E-state index >= 15 is 0 Å². The molecule has 1 N–H and O–H groups in total. The zero-order chi connectivity index (χ0) is 19.1. The number of carbonyl (C=O) groups excluding carboxylic acids is 1. The molecule has 0 spiro atoms. The van der Waals surface area contributed by atoms with Crippen LogP contribution in [0.25, 0.3) is 20.8 Å². The summed E-state index contributed by atoms with van der Waals surface area (Å²) in [6.45, 7) is 5.14. The van der Waals surface area contributed by atoms with E-state index in [1.807, 2.05) is 0 Å². The minimum atomic E-state index is -0.739. The van der Waals surface area contributed by atoms with Gasteiger partial charge in [0.05, 0.1) is 16.8 Å². The van der Waals surface area contributed by atoms with Crippen molar-refractivity contribution < 1.29 is 18.3 Å². The first-order valence-electron chi connectivity index (χ1n) is 7.55. The molecule has 2 heterocycles. The van der Waals surface area contributed by atoms with E-state index in [-0.39, 0.29) is 31.6 Å². The molecule has 0 atom stereocenters. The Morgan fingerprint density at radius 3 is 2.65 bits per heavy atom. The van der Waals surface area contributed by atoms with E-state index in [9.17, 15) is 13.6 Å². The Labute approximate surface area is 157 Å². The van der Waals surface area contributed by atoms with Crippen molar-refractivity contribution in [3.05, 3.63) is 41.1 Å². The van der Waals surface area contributed by atoms with Crippen LogP contribution in [0.5, 0.6) is 0 Å². The minimum Gasteiger partial charge on any atom is -0.444 e. The van der Waals surface area contributed by atoms with E-state index in [2.05, 4.69) is 15.3 Å². The van der Waals surface area contributed by atoms with E-state index in [4.69, 9.17) is 16.3 Å². The number of aromatic nitrogens is 2. The highest BCUT2D eigenvalue weighted by atomic mass is 35.5. The van der Waals surface area contributed by atoms with Crippen molar-refractivity contribution in [2.24, 2.45) is 0 Å². The first kappa shape index (κ1) is 18.5. The largest absolute Gasteiger partial charge is 0.444 e. The van der Waals surface area contributed by atoms with Crippen LogP contribution in [0.15, 0.2) is 24.4 Å². The molecule has 0 unspecified atom stereocenters. The van der Waals surface area contributed by atoms with Crippen LogP contribution < -0.4 is 5.32 Å². The Morgan fingerprint density at radius 1 is 1.27 bits per heavy atom. The molecule has 0 aliphatic carbocycles. The van der Waals surface area contributed by atoms with Crippen LogP contribution in [0.3, 0.4) is 0 Å². The van der Waals surface area contributed by atoms with Gasteiger partial charge in [-0.3, -0.25) is 5.32 Å². The molecule has 0 aliphatic heterocycles. The molecule has 3 rings (SSSR count). The molecule has 5 nitrogen and oxygen atoms in total. The van der Waals surface area contributed by atoms with Gasteiger partial charge in [0.15, 0.2) is 11.6 Å². The van der Waals surface area contributed by atoms with Crippen molar-refractivity contribution in [3.63, 3.8) is 0 Å². The molecule has 0 radical (unpaired) electrons. The summed E-state index contributed by atoms with van der Waals surface area (Å²) in [6.07, 6.45) is 0.193. The molecule has 26 heavy (non-hydrogen) atoms. The number of anilines is 1. The summed E-state index contributed by atoms with van der Waals surface area (Å²) >= 11 is 7.03. The monoisotopic (exact) mass is 397 g/mol. The Balaban J connectivity index is 2.07. The van der Waals surface area contributed by atoms with E-state index in [0.717, 1.165) is 17.5 Å². The van der Waals surface area contributed by atoms with Gasteiger partial charge in [-0.05, 0) is 32.9 Å². The maximum atomic E-state index is 14.1. The Morgan fingerprint density at radius 2 is 2.00 bits per heavy atom. The van der Waals surface area contributed by atoms with E-state index in [1.54, 1.807) is 20.8 Å². The Hall–Kier alpha value is -2.32. The number of hydrogen-bond donors (Lipinski definition) is 1. The molecule has 1 aromatic carbocycles. The van der Waals surface area contributed by atoms with Gasteiger partial charge in [-0.1, -0.05) is 17.7 Å². The summed E-state index contributed by atoms with van der Waals surface area (Å²) in [7, 11) is 0. The first-order chi connectivity index (χ1) is 12.2. The number of carbonyl (C=O) groups is 1. The maximum absolute atomic E-state index is 14.1. The van der Waals surface area contributed by atoms with E-state index in [0.29, 0.717) is 0 Å². The summed E-state index contributed by atoms with van der Waals surface area (Å²) in [4.78, 5) is 20.0. The predicted molar refractivity (Wildman–Crippen MR) is 97.6 cm³/mol. The number of hydrogen-bond acceptors (Lipinski definition) is 5. The third kappa shape index (κ3) is 3.76. The number of rotatable bonds is 2. The van der Waals surface area contributed by atoms with Crippen LogP contribution in [0.2, 0.25) is 5.02 Å². The second-order valence-electron chi connectivity index (χ2n) is 6.38. The van der Waals surface area contributed by atoms with E-state index < -0.39 is 23.3 Å². The number of amides is 1. The SMILES string of the molecule is CC(C)(C)OC(=O)Nc1ncc(F)c2nc(-c3c(F)cccc3Cl)sc12. The van der Waals surface area contributed by atoms with Crippen LogP contribution in [-0.2, 0) is 4.74 Å².